The van der Waals surface area contributed by atoms with Crippen LogP contribution in [0, 0.1) is 5.41 Å². The molecule has 2 aliphatic rings. The first-order valence-corrected chi connectivity index (χ1v) is 5.08. The number of nitrogens with zero attached hydrogens (tertiary/aromatic N) is 1. The second-order valence-electron chi connectivity index (χ2n) is 4.14. The summed E-state index contributed by atoms with van der Waals surface area (Å²) in [7, 11) is 0. The maximum absolute atomic E-state index is 11.5. The molecule has 1 aliphatic heterocycles. The summed E-state index contributed by atoms with van der Waals surface area (Å²) in [5.74, 6) is 0.0538. The van der Waals surface area contributed by atoms with Crippen molar-refractivity contribution in [3.8, 4) is 0 Å². The van der Waals surface area contributed by atoms with Crippen molar-refractivity contribution in [3.05, 3.63) is 30.5 Å². The van der Waals surface area contributed by atoms with Gasteiger partial charge in [0.1, 0.15) is 0 Å². The van der Waals surface area contributed by atoms with E-state index in [-0.39, 0.29) is 5.91 Å². The standard InChI is InChI=1S/C12H15NO/c1-2-4-11(14)13-9-7-12(8-10-13)5-3-6-12/h3-5H,1,6-10H2. The number of carbonyl (C=O) groups excluding carboxylic acids is 1. The van der Waals surface area contributed by atoms with Gasteiger partial charge in [0, 0.05) is 19.2 Å². The van der Waals surface area contributed by atoms with Crippen molar-refractivity contribution in [2.75, 3.05) is 13.1 Å². The molecule has 1 aliphatic carbocycles. The molecule has 1 spiro atoms. The van der Waals surface area contributed by atoms with Gasteiger partial charge in [-0.2, -0.15) is 0 Å². The number of carbonyl (C=O) groups is 1. The smallest absolute Gasteiger partial charge is 0.254 e. The van der Waals surface area contributed by atoms with Crippen LogP contribution in [-0.2, 0) is 4.79 Å². The first-order valence-electron chi connectivity index (χ1n) is 5.08. The highest BCUT2D eigenvalue weighted by Crippen LogP contribution is 2.42. The fraction of sp³-hybridized carbons (Fsp3) is 0.500. The molecular weight excluding hydrogens is 174 g/mol. The van der Waals surface area contributed by atoms with Gasteiger partial charge in [0.25, 0.3) is 5.91 Å². The predicted molar refractivity (Wildman–Crippen MR) is 55.7 cm³/mol. The van der Waals surface area contributed by atoms with Gasteiger partial charge in [0.05, 0.1) is 0 Å². The minimum atomic E-state index is 0.0538. The van der Waals surface area contributed by atoms with Gasteiger partial charge >= 0.3 is 0 Å². The molecule has 0 N–H and O–H groups in total. The number of allylic oxidation sites excluding steroid dienone is 2. The molecule has 1 saturated heterocycles. The predicted octanol–water partition coefficient (Wildman–Crippen LogP) is 1.90. The maximum atomic E-state index is 11.5. The lowest BCUT2D eigenvalue weighted by Gasteiger charge is -2.43. The van der Waals surface area contributed by atoms with Crippen LogP contribution in [0.15, 0.2) is 30.5 Å². The molecule has 0 radical (unpaired) electrons. The molecule has 14 heavy (non-hydrogen) atoms. The maximum Gasteiger partial charge on any atom is 0.254 e. The van der Waals surface area contributed by atoms with Gasteiger partial charge in [-0.3, -0.25) is 4.79 Å². The molecule has 2 nitrogen and oxygen atoms in total. The van der Waals surface area contributed by atoms with E-state index < -0.39 is 0 Å². The Morgan fingerprint density at radius 3 is 2.57 bits per heavy atom. The van der Waals surface area contributed by atoms with E-state index in [1.165, 1.54) is 12.5 Å². The van der Waals surface area contributed by atoms with Crippen molar-refractivity contribution in [1.29, 1.82) is 0 Å². The zero-order valence-corrected chi connectivity index (χ0v) is 8.33. The molecule has 0 unspecified atom stereocenters. The van der Waals surface area contributed by atoms with Crippen LogP contribution in [0.4, 0.5) is 0 Å². The number of hydrogen-bond donors (Lipinski definition) is 0. The minimum Gasteiger partial charge on any atom is -0.339 e. The molecule has 0 saturated carbocycles. The lowest BCUT2D eigenvalue weighted by atomic mass is 9.69. The van der Waals surface area contributed by atoms with Crippen LogP contribution >= 0.6 is 0 Å². The fourth-order valence-corrected chi connectivity index (χ4v) is 2.17. The molecule has 0 aromatic carbocycles. The summed E-state index contributed by atoms with van der Waals surface area (Å²) in [6.45, 7) is 5.16. The van der Waals surface area contributed by atoms with Crippen LogP contribution in [0.3, 0.4) is 0 Å². The Labute approximate surface area is 84.6 Å². The number of amides is 1. The van der Waals surface area contributed by atoms with Crippen molar-refractivity contribution < 1.29 is 4.79 Å². The van der Waals surface area contributed by atoms with Gasteiger partial charge in [-0.25, -0.2) is 0 Å². The quantitative estimate of drug-likeness (QED) is 0.350. The van der Waals surface area contributed by atoms with Crippen LogP contribution in [0.1, 0.15) is 19.3 Å². The van der Waals surface area contributed by atoms with E-state index in [9.17, 15) is 4.79 Å². The van der Waals surface area contributed by atoms with Gasteiger partial charge < -0.3 is 4.90 Å². The molecule has 74 valence electrons. The molecule has 1 heterocycles. The Bertz CT molecular complexity index is 315. The summed E-state index contributed by atoms with van der Waals surface area (Å²) in [5.41, 5.74) is 2.97. The lowest BCUT2D eigenvalue weighted by molar-refractivity contribution is -0.127. The van der Waals surface area contributed by atoms with E-state index >= 15 is 0 Å². The minimum absolute atomic E-state index is 0.0538. The summed E-state index contributed by atoms with van der Waals surface area (Å²) < 4.78 is 0. The van der Waals surface area contributed by atoms with Crippen LogP contribution in [-0.4, -0.2) is 23.9 Å². The Kier molecular flexibility index (Phi) is 2.30. The Balaban J connectivity index is 1.92. The monoisotopic (exact) mass is 189 g/mol. The van der Waals surface area contributed by atoms with Crippen LogP contribution in [0.25, 0.3) is 0 Å². The Morgan fingerprint density at radius 2 is 2.14 bits per heavy atom. The second-order valence-corrected chi connectivity index (χ2v) is 4.14. The zero-order chi connectivity index (χ0) is 10.0. The first kappa shape index (κ1) is 9.29. The third-order valence-corrected chi connectivity index (χ3v) is 3.29. The number of hydrogen-bond acceptors (Lipinski definition) is 1. The summed E-state index contributed by atoms with van der Waals surface area (Å²) in [6, 6.07) is 0. The largest absolute Gasteiger partial charge is 0.339 e. The van der Waals surface area contributed by atoms with Gasteiger partial charge in [0.2, 0.25) is 0 Å². The van der Waals surface area contributed by atoms with Crippen LogP contribution in [0.2, 0.25) is 0 Å². The van der Waals surface area contributed by atoms with E-state index in [2.05, 4.69) is 24.5 Å². The first-order chi connectivity index (χ1) is 6.76. The van der Waals surface area contributed by atoms with E-state index in [0.29, 0.717) is 5.41 Å². The Morgan fingerprint density at radius 1 is 1.50 bits per heavy atom. The Hall–Kier alpha value is -1.27. The third kappa shape index (κ3) is 1.53. The van der Waals surface area contributed by atoms with E-state index in [1.807, 2.05) is 4.90 Å². The van der Waals surface area contributed by atoms with Gasteiger partial charge in [-0.05, 0) is 24.7 Å². The highest BCUT2D eigenvalue weighted by Gasteiger charge is 2.35. The topological polar surface area (TPSA) is 20.3 Å². The van der Waals surface area contributed by atoms with Crippen molar-refractivity contribution in [3.63, 3.8) is 0 Å². The average Bonchev–Trinajstić information content (AvgIpc) is 2.16. The summed E-state index contributed by atoms with van der Waals surface area (Å²) in [4.78, 5) is 13.3. The molecule has 1 fully saturated rings. The van der Waals surface area contributed by atoms with Crippen molar-refractivity contribution in [2.45, 2.75) is 19.3 Å². The molecule has 0 bridgehead atoms. The van der Waals surface area contributed by atoms with E-state index in [1.54, 1.807) is 0 Å². The normalized spacial score (nSPS) is 22.7. The third-order valence-electron chi connectivity index (χ3n) is 3.29. The summed E-state index contributed by atoms with van der Waals surface area (Å²) in [5, 5.41) is 0. The highest BCUT2D eigenvalue weighted by molar-refractivity contribution is 5.87. The van der Waals surface area contributed by atoms with Crippen LogP contribution < -0.4 is 0 Å². The average molecular weight is 189 g/mol. The van der Waals surface area contributed by atoms with Gasteiger partial charge in [0.15, 0.2) is 0 Å². The highest BCUT2D eigenvalue weighted by atomic mass is 16.2. The van der Waals surface area contributed by atoms with E-state index in [0.717, 1.165) is 25.9 Å². The van der Waals surface area contributed by atoms with Gasteiger partial charge in [-0.1, -0.05) is 18.7 Å². The van der Waals surface area contributed by atoms with Crippen molar-refractivity contribution >= 4 is 5.91 Å². The SMILES string of the molecule is C=C=CC(=O)N1CCC2(C=CC2)CC1. The molecular formula is C12H15NO. The van der Waals surface area contributed by atoms with Crippen molar-refractivity contribution in [1.82, 2.24) is 4.90 Å². The van der Waals surface area contributed by atoms with Crippen molar-refractivity contribution in [2.24, 2.45) is 5.41 Å². The number of piperidine rings is 1. The number of likely N-dealkylation sites (tertiary alicyclic amines) is 1. The van der Waals surface area contributed by atoms with Crippen LogP contribution in [0.5, 0.6) is 0 Å². The molecule has 2 heteroatoms. The molecule has 0 aromatic heterocycles. The number of rotatable bonds is 1. The molecule has 0 aromatic rings. The fourth-order valence-electron chi connectivity index (χ4n) is 2.17. The molecule has 1 amide bonds. The second kappa shape index (κ2) is 3.47. The van der Waals surface area contributed by atoms with Gasteiger partial charge in [-0.15, -0.1) is 5.73 Å². The summed E-state index contributed by atoms with van der Waals surface area (Å²) >= 11 is 0. The lowest BCUT2D eigenvalue weighted by Crippen LogP contribution is -2.43. The summed E-state index contributed by atoms with van der Waals surface area (Å²) in [6.07, 6.45) is 9.38. The molecule has 0 atom stereocenters. The molecule has 2 rings (SSSR count). The zero-order valence-electron chi connectivity index (χ0n) is 8.33. The van der Waals surface area contributed by atoms with E-state index in [4.69, 9.17) is 0 Å².